The second kappa shape index (κ2) is 8.61. The Morgan fingerprint density at radius 3 is 2.52 bits per heavy atom. The monoisotopic (exact) mass is 431 g/mol. The number of fused-ring (bicyclic) bond motifs is 1. The minimum absolute atomic E-state index is 0.132. The van der Waals surface area contributed by atoms with Crippen molar-refractivity contribution in [3.05, 3.63) is 82.6 Å². The molecule has 0 atom stereocenters. The fraction of sp³-hybridized carbons (Fsp3) is 0.292. The van der Waals surface area contributed by atoms with Gasteiger partial charge in [0.1, 0.15) is 4.83 Å². The fourth-order valence-electron chi connectivity index (χ4n) is 4.10. The maximum atomic E-state index is 13.2. The second-order valence-electron chi connectivity index (χ2n) is 7.99. The van der Waals surface area contributed by atoms with Gasteiger partial charge in [-0.25, -0.2) is 0 Å². The number of hydrogen-bond acceptors (Lipinski definition) is 5. The first-order chi connectivity index (χ1) is 15.2. The lowest BCUT2D eigenvalue weighted by Gasteiger charge is -2.34. The molecule has 1 aromatic carbocycles. The van der Waals surface area contributed by atoms with Crippen LogP contribution in [-0.2, 0) is 13.1 Å². The molecule has 158 valence electrons. The van der Waals surface area contributed by atoms with Crippen molar-refractivity contribution in [2.45, 2.75) is 20.0 Å². The molecule has 0 unspecified atom stereocenters. The zero-order valence-electron chi connectivity index (χ0n) is 17.6. The van der Waals surface area contributed by atoms with Gasteiger partial charge in [0, 0.05) is 50.5 Å². The number of aryl methyl sites for hydroxylation is 1. The Kier molecular flexibility index (Phi) is 5.53. The van der Waals surface area contributed by atoms with Crippen LogP contribution in [0.4, 0.5) is 0 Å². The van der Waals surface area contributed by atoms with Gasteiger partial charge in [0.25, 0.3) is 5.91 Å². The quantitative estimate of drug-likeness (QED) is 0.482. The summed E-state index contributed by atoms with van der Waals surface area (Å²) in [5, 5.41) is 5.78. The Balaban J connectivity index is 1.27. The van der Waals surface area contributed by atoms with E-state index in [-0.39, 0.29) is 5.91 Å². The Labute approximate surface area is 185 Å². The lowest BCUT2D eigenvalue weighted by Crippen LogP contribution is -2.48. The molecule has 0 spiro atoms. The Bertz CT molecular complexity index is 1180. The third kappa shape index (κ3) is 4.24. The number of aromatic nitrogens is 3. The summed E-state index contributed by atoms with van der Waals surface area (Å²) in [5.74, 6) is 0.132. The average molecular weight is 432 g/mol. The predicted molar refractivity (Wildman–Crippen MR) is 123 cm³/mol. The highest BCUT2D eigenvalue weighted by atomic mass is 32.1. The topological polar surface area (TPSA) is 54.3 Å². The van der Waals surface area contributed by atoms with E-state index in [2.05, 4.69) is 28.1 Å². The summed E-state index contributed by atoms with van der Waals surface area (Å²) in [7, 11) is 0. The summed E-state index contributed by atoms with van der Waals surface area (Å²) in [6, 6.07) is 16.4. The first kappa shape index (κ1) is 19.9. The van der Waals surface area contributed by atoms with E-state index in [0.717, 1.165) is 53.5 Å². The molecule has 3 aromatic heterocycles. The molecule has 0 bridgehead atoms. The smallest absolute Gasteiger partial charge is 0.264 e. The second-order valence-corrected chi connectivity index (χ2v) is 9.02. The van der Waals surface area contributed by atoms with Crippen molar-refractivity contribution in [3.8, 4) is 0 Å². The summed E-state index contributed by atoms with van der Waals surface area (Å²) in [6.45, 7) is 6.88. The van der Waals surface area contributed by atoms with Crippen molar-refractivity contribution < 1.29 is 4.79 Å². The number of amides is 1. The van der Waals surface area contributed by atoms with Crippen molar-refractivity contribution in [3.63, 3.8) is 0 Å². The molecule has 0 saturated carbocycles. The van der Waals surface area contributed by atoms with Crippen LogP contribution in [0.15, 0.2) is 60.9 Å². The molecule has 4 aromatic rings. The van der Waals surface area contributed by atoms with Crippen LogP contribution in [0.2, 0.25) is 0 Å². The van der Waals surface area contributed by atoms with Crippen LogP contribution in [0.1, 0.15) is 26.5 Å². The fourth-order valence-corrected chi connectivity index (χ4v) is 5.23. The van der Waals surface area contributed by atoms with Crippen molar-refractivity contribution in [1.29, 1.82) is 0 Å². The molecular formula is C24H25N5OS. The first-order valence-corrected chi connectivity index (χ1v) is 11.4. The van der Waals surface area contributed by atoms with E-state index in [1.165, 1.54) is 11.1 Å². The van der Waals surface area contributed by atoms with Gasteiger partial charge in [-0.2, -0.15) is 5.10 Å². The van der Waals surface area contributed by atoms with Gasteiger partial charge in [-0.05, 0) is 30.2 Å². The predicted octanol–water partition coefficient (Wildman–Crippen LogP) is 3.81. The van der Waals surface area contributed by atoms with Crippen LogP contribution < -0.4 is 0 Å². The van der Waals surface area contributed by atoms with E-state index in [0.29, 0.717) is 6.54 Å². The van der Waals surface area contributed by atoms with Crippen LogP contribution in [0, 0.1) is 6.92 Å². The molecule has 1 aliphatic rings. The third-order valence-corrected chi connectivity index (χ3v) is 6.92. The van der Waals surface area contributed by atoms with Crippen molar-refractivity contribution in [2.24, 2.45) is 0 Å². The largest absolute Gasteiger partial charge is 0.335 e. The molecule has 1 saturated heterocycles. The minimum atomic E-state index is 0.132. The number of carbonyl (C=O) groups excluding carboxylic acids is 1. The van der Waals surface area contributed by atoms with Gasteiger partial charge in [0.15, 0.2) is 0 Å². The number of thiophene rings is 1. The number of rotatable bonds is 5. The highest BCUT2D eigenvalue weighted by Crippen LogP contribution is 2.30. The maximum Gasteiger partial charge on any atom is 0.264 e. The van der Waals surface area contributed by atoms with Crippen molar-refractivity contribution in [1.82, 2.24) is 24.6 Å². The zero-order valence-corrected chi connectivity index (χ0v) is 18.4. The number of pyridine rings is 1. The summed E-state index contributed by atoms with van der Waals surface area (Å²) >= 11 is 1.56. The first-order valence-electron chi connectivity index (χ1n) is 10.6. The SMILES string of the molecule is Cc1nn(Cc2ccccc2)c2sc(C(=O)N3CCN(Cc4cccnc4)CC3)cc12. The van der Waals surface area contributed by atoms with Gasteiger partial charge < -0.3 is 4.90 Å². The van der Waals surface area contributed by atoms with Gasteiger partial charge in [0.2, 0.25) is 0 Å². The number of piperazine rings is 1. The normalized spacial score (nSPS) is 14.9. The molecule has 0 N–H and O–H groups in total. The summed E-state index contributed by atoms with van der Waals surface area (Å²) in [5.41, 5.74) is 3.39. The molecule has 0 radical (unpaired) electrons. The van der Waals surface area contributed by atoms with Crippen LogP contribution in [0.3, 0.4) is 0 Å². The number of hydrogen-bond donors (Lipinski definition) is 0. The Morgan fingerprint density at radius 2 is 1.77 bits per heavy atom. The molecule has 7 heteroatoms. The van der Waals surface area contributed by atoms with E-state index in [4.69, 9.17) is 5.10 Å². The van der Waals surface area contributed by atoms with E-state index < -0.39 is 0 Å². The molecule has 1 amide bonds. The van der Waals surface area contributed by atoms with E-state index >= 15 is 0 Å². The van der Waals surface area contributed by atoms with Gasteiger partial charge in [-0.15, -0.1) is 11.3 Å². The van der Waals surface area contributed by atoms with Crippen LogP contribution in [0.25, 0.3) is 10.2 Å². The molecular weight excluding hydrogens is 406 g/mol. The lowest BCUT2D eigenvalue weighted by molar-refractivity contribution is 0.0633. The van der Waals surface area contributed by atoms with Gasteiger partial charge >= 0.3 is 0 Å². The standard InChI is InChI=1S/C24H25N5OS/c1-18-21-14-22(31-24(21)29(26-18)17-19-6-3-2-4-7-19)23(30)28-12-10-27(11-13-28)16-20-8-5-9-25-15-20/h2-9,14-15H,10-13,16-17H2,1H3. The van der Waals surface area contributed by atoms with Gasteiger partial charge in [-0.1, -0.05) is 36.4 Å². The minimum Gasteiger partial charge on any atom is -0.335 e. The highest BCUT2D eigenvalue weighted by Gasteiger charge is 2.25. The molecule has 4 heterocycles. The number of nitrogens with zero attached hydrogens (tertiary/aromatic N) is 5. The summed E-state index contributed by atoms with van der Waals surface area (Å²) < 4.78 is 2.02. The van der Waals surface area contributed by atoms with Crippen molar-refractivity contribution >= 4 is 27.5 Å². The van der Waals surface area contributed by atoms with E-state index in [9.17, 15) is 4.79 Å². The van der Waals surface area contributed by atoms with Gasteiger partial charge in [-0.3, -0.25) is 19.4 Å². The van der Waals surface area contributed by atoms with E-state index in [1.807, 2.05) is 53.0 Å². The Hall–Kier alpha value is -3.03. The molecule has 5 rings (SSSR count). The third-order valence-electron chi connectivity index (χ3n) is 5.78. The van der Waals surface area contributed by atoms with E-state index in [1.54, 1.807) is 17.5 Å². The molecule has 1 fully saturated rings. The molecule has 31 heavy (non-hydrogen) atoms. The molecule has 6 nitrogen and oxygen atoms in total. The zero-order chi connectivity index (χ0) is 21.2. The number of benzene rings is 1. The maximum absolute atomic E-state index is 13.2. The summed E-state index contributed by atoms with van der Waals surface area (Å²) in [6.07, 6.45) is 3.71. The van der Waals surface area contributed by atoms with Crippen LogP contribution in [0.5, 0.6) is 0 Å². The highest BCUT2D eigenvalue weighted by molar-refractivity contribution is 7.20. The number of carbonyl (C=O) groups is 1. The average Bonchev–Trinajstić information content (AvgIpc) is 3.36. The van der Waals surface area contributed by atoms with Crippen molar-refractivity contribution in [2.75, 3.05) is 26.2 Å². The van der Waals surface area contributed by atoms with Crippen LogP contribution >= 0.6 is 11.3 Å². The van der Waals surface area contributed by atoms with Gasteiger partial charge in [0.05, 0.1) is 17.1 Å². The summed E-state index contributed by atoms with van der Waals surface area (Å²) in [4.78, 5) is 23.6. The molecule has 1 aliphatic heterocycles. The molecule has 0 aliphatic carbocycles. The lowest BCUT2D eigenvalue weighted by atomic mass is 10.2. The van der Waals surface area contributed by atoms with Crippen LogP contribution in [-0.4, -0.2) is 56.7 Å². The Morgan fingerprint density at radius 1 is 1.00 bits per heavy atom.